The number of hydrogen-bond acceptors (Lipinski definition) is 7. The van der Waals surface area contributed by atoms with Crippen molar-refractivity contribution in [2.75, 3.05) is 13.2 Å². The first-order chi connectivity index (χ1) is 13.2. The monoisotopic (exact) mass is 404 g/mol. The molecule has 11 N–H and O–H groups in total. The highest BCUT2D eigenvalue weighted by atomic mass is 16.3. The number of aliphatic hydroxyl groups excluding tert-OH is 2. The molecule has 12 heteroatoms. The Morgan fingerprint density at radius 1 is 0.893 bits per heavy atom. The first-order valence-corrected chi connectivity index (χ1v) is 9.14. The van der Waals surface area contributed by atoms with Crippen molar-refractivity contribution >= 4 is 23.8 Å². The zero-order valence-corrected chi connectivity index (χ0v) is 15.9. The van der Waals surface area contributed by atoms with Gasteiger partial charge < -0.3 is 43.4 Å². The maximum Gasteiger partial charge on any atom is 0.316 e. The van der Waals surface area contributed by atoms with Gasteiger partial charge in [-0.3, -0.25) is 14.4 Å². The third-order valence-electron chi connectivity index (χ3n) is 3.83. The van der Waals surface area contributed by atoms with E-state index in [0.717, 1.165) is 25.7 Å². The van der Waals surface area contributed by atoms with Crippen LogP contribution in [0.25, 0.3) is 0 Å². The van der Waals surface area contributed by atoms with Crippen molar-refractivity contribution in [3.05, 3.63) is 0 Å². The summed E-state index contributed by atoms with van der Waals surface area (Å²) in [6.07, 6.45) is 3.56. The van der Waals surface area contributed by atoms with Crippen LogP contribution in [0, 0.1) is 0 Å². The molecule has 12 nitrogen and oxygen atoms in total. The Hall–Kier alpha value is -2.44. The summed E-state index contributed by atoms with van der Waals surface area (Å²) in [6.45, 7) is -0.290. The molecule has 0 aromatic heterocycles. The maximum absolute atomic E-state index is 12.0. The van der Waals surface area contributed by atoms with E-state index in [1.54, 1.807) is 0 Å². The molecule has 162 valence electrons. The number of aliphatic hydroxyl groups is 2. The molecule has 0 aliphatic heterocycles. The molecule has 0 saturated heterocycles. The second-order valence-corrected chi connectivity index (χ2v) is 6.39. The molecule has 0 aliphatic rings. The maximum atomic E-state index is 12.0. The molecule has 5 amide bonds. The Kier molecular flexibility index (Phi) is 13.3. The highest BCUT2D eigenvalue weighted by molar-refractivity contribution is 5.92. The quantitative estimate of drug-likeness (QED) is 0.105. The summed E-state index contributed by atoms with van der Waals surface area (Å²) in [7, 11) is 0. The third-order valence-corrected chi connectivity index (χ3v) is 3.83. The zero-order chi connectivity index (χ0) is 21.5. The number of amides is 5. The second-order valence-electron chi connectivity index (χ2n) is 6.39. The Morgan fingerprint density at radius 2 is 1.46 bits per heavy atom. The van der Waals surface area contributed by atoms with Gasteiger partial charge in [0.15, 0.2) is 0 Å². The van der Waals surface area contributed by atoms with Crippen molar-refractivity contribution < 1.29 is 29.4 Å². The van der Waals surface area contributed by atoms with E-state index in [4.69, 9.17) is 22.3 Å². The fourth-order valence-electron chi connectivity index (χ4n) is 2.32. The van der Waals surface area contributed by atoms with Crippen molar-refractivity contribution in [1.29, 1.82) is 0 Å². The molecule has 0 spiro atoms. The minimum absolute atomic E-state index is 0.365. The van der Waals surface area contributed by atoms with Crippen molar-refractivity contribution in [1.82, 2.24) is 16.0 Å². The van der Waals surface area contributed by atoms with Crippen LogP contribution < -0.4 is 33.2 Å². The smallest absolute Gasteiger partial charge is 0.316 e. The van der Waals surface area contributed by atoms with Crippen LogP contribution in [0.1, 0.15) is 44.9 Å². The predicted molar refractivity (Wildman–Crippen MR) is 100 cm³/mol. The van der Waals surface area contributed by atoms with Crippen molar-refractivity contribution in [2.45, 2.75) is 63.3 Å². The molecular weight excluding hydrogens is 372 g/mol. The predicted octanol–water partition coefficient (Wildman–Crippen LogP) is -2.89. The summed E-state index contributed by atoms with van der Waals surface area (Å²) in [6, 6.07) is -3.49. The van der Waals surface area contributed by atoms with Crippen LogP contribution in [0.2, 0.25) is 0 Å². The molecule has 0 saturated carbocycles. The van der Waals surface area contributed by atoms with Crippen LogP contribution in [0.4, 0.5) is 4.79 Å². The van der Waals surface area contributed by atoms with Crippen LogP contribution >= 0.6 is 0 Å². The second kappa shape index (κ2) is 14.6. The highest BCUT2D eigenvalue weighted by Gasteiger charge is 2.24. The van der Waals surface area contributed by atoms with Gasteiger partial charge in [0, 0.05) is 6.54 Å². The van der Waals surface area contributed by atoms with E-state index in [1.165, 1.54) is 0 Å². The van der Waals surface area contributed by atoms with E-state index < -0.39 is 55.1 Å². The van der Waals surface area contributed by atoms with E-state index in [0.29, 0.717) is 19.4 Å². The lowest BCUT2D eigenvalue weighted by molar-refractivity contribution is -0.125. The largest absolute Gasteiger partial charge is 0.394 e. The molecule has 0 aromatic rings. The highest BCUT2D eigenvalue weighted by Crippen LogP contribution is 2.05. The topological polar surface area (TPSA) is 223 Å². The number of carbonyl (C=O) groups is 4. The summed E-state index contributed by atoms with van der Waals surface area (Å²) in [5.41, 5.74) is 15.3. The van der Waals surface area contributed by atoms with Crippen LogP contribution in [0.15, 0.2) is 0 Å². The molecule has 0 aliphatic carbocycles. The van der Waals surface area contributed by atoms with Gasteiger partial charge in [0.2, 0.25) is 17.7 Å². The lowest BCUT2D eigenvalue weighted by Gasteiger charge is -2.19. The number of urea groups is 1. The minimum Gasteiger partial charge on any atom is -0.394 e. The van der Waals surface area contributed by atoms with Gasteiger partial charge in [-0.25, -0.2) is 4.79 Å². The number of hydrogen-bond donors (Lipinski definition) is 8. The van der Waals surface area contributed by atoms with Gasteiger partial charge in [0.05, 0.1) is 13.0 Å². The molecule has 3 atom stereocenters. The Balaban J connectivity index is 4.15. The molecule has 28 heavy (non-hydrogen) atoms. The number of rotatable bonds is 15. The average Bonchev–Trinajstić information content (AvgIpc) is 2.60. The molecule has 0 heterocycles. The number of carbonyl (C=O) groups excluding carboxylic acids is 4. The molecule has 1 unspecified atom stereocenters. The standard InChI is InChI=1S/C16H32N6O6/c17-12(24)6-4-2-1-3-5-7-20-15(27)11(9-23)22-16(28)21-10(14(19)26)8-13(18)25/h10-12,23-24H,1-9,17H2,(H2,18,25)(H2,19,26)(H,20,27)(H2,21,22,28)/t10-,11-,12?/m1/s1. The molecule has 0 fully saturated rings. The third kappa shape index (κ3) is 12.8. The van der Waals surface area contributed by atoms with E-state index in [2.05, 4.69) is 16.0 Å². The van der Waals surface area contributed by atoms with E-state index in [-0.39, 0.29) is 0 Å². The van der Waals surface area contributed by atoms with E-state index in [9.17, 15) is 24.3 Å². The molecule has 0 radical (unpaired) electrons. The SMILES string of the molecule is NC(=O)C[C@@H](NC(=O)N[C@H](CO)C(=O)NCCCCCCCC(N)O)C(N)=O. The number of primary amides is 2. The van der Waals surface area contributed by atoms with Crippen LogP contribution in [-0.2, 0) is 14.4 Å². The fourth-order valence-corrected chi connectivity index (χ4v) is 2.32. The van der Waals surface area contributed by atoms with Gasteiger partial charge in [0.25, 0.3) is 0 Å². The molecule has 0 bridgehead atoms. The van der Waals surface area contributed by atoms with Gasteiger partial charge in [0.1, 0.15) is 18.3 Å². The summed E-state index contributed by atoms with van der Waals surface area (Å²) in [5.74, 6) is -2.38. The number of nitrogens with one attached hydrogen (secondary N) is 3. The number of nitrogens with two attached hydrogens (primary N) is 3. The van der Waals surface area contributed by atoms with Crippen LogP contribution in [0.5, 0.6) is 0 Å². The Labute approximate surface area is 163 Å². The Bertz CT molecular complexity index is 516. The summed E-state index contributed by atoms with van der Waals surface area (Å²) >= 11 is 0. The van der Waals surface area contributed by atoms with Crippen LogP contribution in [-0.4, -0.2) is 65.4 Å². The van der Waals surface area contributed by atoms with E-state index in [1.807, 2.05) is 0 Å². The van der Waals surface area contributed by atoms with Crippen molar-refractivity contribution in [3.63, 3.8) is 0 Å². The molecule has 0 rings (SSSR count). The normalized spacial score (nSPS) is 13.8. The van der Waals surface area contributed by atoms with E-state index >= 15 is 0 Å². The summed E-state index contributed by atoms with van der Waals surface area (Å²) < 4.78 is 0. The Morgan fingerprint density at radius 3 is 2.00 bits per heavy atom. The van der Waals surface area contributed by atoms with Gasteiger partial charge in [-0.15, -0.1) is 0 Å². The molecular formula is C16H32N6O6. The van der Waals surface area contributed by atoms with Gasteiger partial charge in [-0.2, -0.15) is 0 Å². The van der Waals surface area contributed by atoms with Crippen molar-refractivity contribution in [3.8, 4) is 0 Å². The average molecular weight is 404 g/mol. The summed E-state index contributed by atoms with van der Waals surface area (Å²) in [4.78, 5) is 45.9. The van der Waals surface area contributed by atoms with Gasteiger partial charge in [-0.05, 0) is 19.3 Å². The number of unbranched alkanes of at least 4 members (excludes halogenated alkanes) is 4. The zero-order valence-electron chi connectivity index (χ0n) is 15.9. The van der Waals surface area contributed by atoms with Gasteiger partial charge >= 0.3 is 6.03 Å². The lowest BCUT2D eigenvalue weighted by Crippen LogP contribution is -2.56. The van der Waals surface area contributed by atoms with Gasteiger partial charge in [-0.1, -0.05) is 19.3 Å². The van der Waals surface area contributed by atoms with Crippen molar-refractivity contribution in [2.24, 2.45) is 17.2 Å². The minimum atomic E-state index is -1.32. The lowest BCUT2D eigenvalue weighted by atomic mass is 10.1. The molecule has 0 aromatic carbocycles. The fraction of sp³-hybridized carbons (Fsp3) is 0.750. The first kappa shape index (κ1) is 25.6. The first-order valence-electron chi connectivity index (χ1n) is 9.14. The van der Waals surface area contributed by atoms with Crippen LogP contribution in [0.3, 0.4) is 0 Å². The summed E-state index contributed by atoms with van der Waals surface area (Å²) in [5, 5.41) is 25.1.